The lowest BCUT2D eigenvalue weighted by Crippen LogP contribution is -2.72. The molecule has 18 heteroatoms. The minimum absolute atomic E-state index is 0.0441. The van der Waals surface area contributed by atoms with E-state index in [-0.39, 0.29) is 37.6 Å². The Hall–Kier alpha value is -4.45. The third kappa shape index (κ3) is 5.21. The van der Waals surface area contributed by atoms with Crippen molar-refractivity contribution in [2.45, 2.75) is 0 Å². The molecule has 0 saturated carbocycles. The molecule has 0 radical (unpaired) electrons. The van der Waals surface area contributed by atoms with E-state index in [1.54, 1.807) is 0 Å². The zero-order valence-corrected chi connectivity index (χ0v) is 24.3. The van der Waals surface area contributed by atoms with E-state index in [0.717, 1.165) is 17.0 Å². The van der Waals surface area contributed by atoms with Crippen LogP contribution in [0.3, 0.4) is 0 Å². The monoisotopic (exact) mass is 717 g/mol. The van der Waals surface area contributed by atoms with Gasteiger partial charge in [0.05, 0.1) is 13.2 Å². The second-order valence-corrected chi connectivity index (χ2v) is 13.5. The highest BCUT2D eigenvalue weighted by Gasteiger charge is 2.55. The van der Waals surface area contributed by atoms with E-state index in [2.05, 4.69) is 0 Å². The first-order valence-corrected chi connectivity index (χ1v) is 15.3. The fourth-order valence-corrected chi connectivity index (χ4v) is 10.1. The fourth-order valence-electron chi connectivity index (χ4n) is 5.42. The highest BCUT2D eigenvalue weighted by molar-refractivity contribution is 7.15. The van der Waals surface area contributed by atoms with Crippen molar-refractivity contribution in [3.63, 3.8) is 0 Å². The van der Waals surface area contributed by atoms with Crippen molar-refractivity contribution < 1.29 is 70.6 Å². The van der Waals surface area contributed by atoms with Gasteiger partial charge in [-0.2, -0.15) is 0 Å². The number of benzene rings is 4. The van der Waals surface area contributed by atoms with E-state index < -0.39 is 117 Å². The minimum atomic E-state index is -7.21. The lowest BCUT2D eigenvalue weighted by molar-refractivity contribution is 0.0640. The van der Waals surface area contributed by atoms with Gasteiger partial charge >= 0.3 is 0 Å². The zero-order chi connectivity index (χ0) is 35.4. The molecule has 0 spiro atoms. The van der Waals surface area contributed by atoms with Gasteiger partial charge in [0.2, 0.25) is 17.5 Å². The molecule has 0 bridgehead atoms. The predicted molar refractivity (Wildman–Crippen MR) is 140 cm³/mol. The number of ether oxygens (including phenoxy) is 1. The minimum Gasteiger partial charge on any atom is -0.378 e. The van der Waals surface area contributed by atoms with E-state index >= 15 is 26.3 Å². The predicted octanol–water partition coefficient (Wildman–Crippen LogP) is 6.16. The third-order valence-electron chi connectivity index (χ3n) is 7.59. The molecular weight excluding hydrogens is 703 g/mol. The van der Waals surface area contributed by atoms with E-state index in [9.17, 15) is 39.5 Å². The number of nitrogens with zero attached hydrogens (tertiary/aromatic N) is 1. The molecule has 48 heavy (non-hydrogen) atoms. The van der Waals surface area contributed by atoms with Gasteiger partial charge in [0.25, 0.3) is 0 Å². The van der Waals surface area contributed by atoms with Crippen LogP contribution in [-0.2, 0) is 4.74 Å². The van der Waals surface area contributed by atoms with Crippen LogP contribution in [0.1, 0.15) is 5.56 Å². The maximum absolute atomic E-state index is 15.9. The van der Waals surface area contributed by atoms with Crippen LogP contribution < -0.4 is 15.6 Å². The molecule has 1 aliphatic rings. The smallest absolute Gasteiger partial charge is 0.200 e. The van der Waals surface area contributed by atoms with Crippen LogP contribution in [0.4, 0.5) is 65.9 Å². The van der Waals surface area contributed by atoms with Gasteiger partial charge in [-0.3, -0.25) is 0 Å². The summed E-state index contributed by atoms with van der Waals surface area (Å²) < 4.78 is 233. The van der Waals surface area contributed by atoms with Crippen molar-refractivity contribution in [3.05, 3.63) is 129 Å². The molecule has 4 aromatic rings. The first-order valence-electron chi connectivity index (χ1n) is 13.3. The Labute approximate surface area is 260 Å². The van der Waals surface area contributed by atoms with Crippen LogP contribution in [-0.4, -0.2) is 39.3 Å². The van der Waals surface area contributed by atoms with Gasteiger partial charge < -0.3 is 9.64 Å². The Balaban J connectivity index is 2.22. The van der Waals surface area contributed by atoms with E-state index in [0.29, 0.717) is 0 Å². The lowest BCUT2D eigenvalue weighted by atomic mass is 10.1. The quantitative estimate of drug-likeness (QED) is 0.0781. The van der Waals surface area contributed by atoms with E-state index in [1.165, 1.54) is 18.2 Å². The van der Waals surface area contributed by atoms with Crippen LogP contribution in [0, 0.1) is 87.3 Å². The van der Waals surface area contributed by atoms with Gasteiger partial charge in [-0.05, 0) is 5.56 Å². The summed E-state index contributed by atoms with van der Waals surface area (Å²) >= 11 is 0. The molecule has 1 saturated heterocycles. The first-order chi connectivity index (χ1) is 22.6. The number of hydrogen-bond acceptors (Lipinski definition) is 2. The molecule has 4 aromatic carbocycles. The summed E-state index contributed by atoms with van der Waals surface area (Å²) in [5.74, 6) is -45.3. The van der Waals surface area contributed by atoms with Gasteiger partial charge in [-0.15, -0.1) is 0 Å². The maximum Gasteiger partial charge on any atom is 0.200 e. The van der Waals surface area contributed by atoms with Gasteiger partial charge in [0.1, 0.15) is 0 Å². The van der Waals surface area contributed by atoms with E-state index in [4.69, 9.17) is 4.74 Å². The van der Waals surface area contributed by atoms with Crippen molar-refractivity contribution in [2.75, 3.05) is 26.3 Å². The van der Waals surface area contributed by atoms with Crippen molar-refractivity contribution in [2.24, 2.45) is 0 Å². The van der Waals surface area contributed by atoms with E-state index in [1.807, 2.05) is 0 Å². The second-order valence-electron chi connectivity index (χ2n) is 10.1. The van der Waals surface area contributed by atoms with Gasteiger partial charge in [0, 0.05) is 34.3 Å². The van der Waals surface area contributed by atoms with Crippen molar-refractivity contribution in [3.8, 4) is 0 Å². The van der Waals surface area contributed by atoms with Crippen molar-refractivity contribution in [1.82, 2.24) is 4.90 Å². The highest BCUT2D eigenvalue weighted by atomic mass is 28.3. The fraction of sp³-hybridized carbons (Fsp3) is 0.133. The summed E-state index contributed by atoms with van der Waals surface area (Å²) in [5.41, 5.74) is -0.849. The maximum atomic E-state index is 15.9. The molecular formula is C30H14F15NOSi. The van der Waals surface area contributed by atoms with Gasteiger partial charge in [-0.1, -0.05) is 36.0 Å². The van der Waals surface area contributed by atoms with Gasteiger partial charge in [-0.25, -0.2) is 65.9 Å². The third-order valence-corrected chi connectivity index (χ3v) is 12.0. The molecule has 1 fully saturated rings. The topological polar surface area (TPSA) is 12.5 Å². The highest BCUT2D eigenvalue weighted by Crippen LogP contribution is 2.32. The normalized spacial score (nSPS) is 14.2. The summed E-state index contributed by atoms with van der Waals surface area (Å²) in [6.07, 6.45) is 0. The van der Waals surface area contributed by atoms with Crippen molar-refractivity contribution in [1.29, 1.82) is 0 Å². The standard InChI is InChI=1S/C30H14F15NOSi/c31-13-16(34)22(40)28(23(41)17(13)35)48(29-24(42)18(36)14(32)19(37)25(29)43,30-26(44)20(38)15(33)21(39)27(30)45)10-12(11-4-2-1-3-5-11)46-6-8-47-9-7-46/h1-5,10H,6-9H2/b12-10-. The number of hydrogen-bond donors (Lipinski definition) is 0. The summed E-state index contributed by atoms with van der Waals surface area (Å²) in [4.78, 5) is 1.10. The summed E-state index contributed by atoms with van der Waals surface area (Å²) in [6, 6.07) is 6.14. The Morgan fingerprint density at radius 2 is 0.750 bits per heavy atom. The molecule has 0 amide bonds. The average molecular weight is 718 g/mol. The molecule has 0 N–H and O–H groups in total. The SMILES string of the molecule is Fc1c(F)c(F)c([Si](/C=C(/c2ccccc2)N2CCOCC2)(c2c(F)c(F)c(F)c(F)c2F)c2c(F)c(F)c(F)c(F)c2F)c(F)c1F. The summed E-state index contributed by atoms with van der Waals surface area (Å²) in [5, 5.41) is -7.86. The number of halogens is 15. The largest absolute Gasteiger partial charge is 0.378 e. The molecule has 2 nitrogen and oxygen atoms in total. The zero-order valence-electron chi connectivity index (χ0n) is 23.3. The molecule has 254 valence electrons. The Kier molecular flexibility index (Phi) is 9.35. The molecule has 1 heterocycles. The first kappa shape index (κ1) is 34.9. The van der Waals surface area contributed by atoms with Gasteiger partial charge in [0.15, 0.2) is 77.9 Å². The Morgan fingerprint density at radius 1 is 0.458 bits per heavy atom. The molecule has 0 atom stereocenters. The van der Waals surface area contributed by atoms with Crippen LogP contribution >= 0.6 is 0 Å². The lowest BCUT2D eigenvalue weighted by Gasteiger charge is -2.37. The molecule has 5 rings (SSSR count). The van der Waals surface area contributed by atoms with Crippen LogP contribution in [0.15, 0.2) is 36.0 Å². The number of rotatable bonds is 6. The molecule has 0 aliphatic carbocycles. The number of morpholine rings is 1. The van der Waals surface area contributed by atoms with Crippen molar-refractivity contribution >= 4 is 29.3 Å². The van der Waals surface area contributed by atoms with Crippen LogP contribution in [0.25, 0.3) is 5.70 Å². The van der Waals surface area contributed by atoms with Crippen LogP contribution in [0.5, 0.6) is 0 Å². The Bertz CT molecular complexity index is 1730. The summed E-state index contributed by atoms with van der Waals surface area (Å²) in [6.45, 7) is -0.994. The second kappa shape index (κ2) is 12.9. The Morgan fingerprint density at radius 3 is 1.06 bits per heavy atom. The summed E-state index contributed by atoms with van der Waals surface area (Å²) in [7, 11) is -7.21. The molecule has 0 aromatic heterocycles. The average Bonchev–Trinajstić information content (AvgIpc) is 3.09. The van der Waals surface area contributed by atoms with Crippen LogP contribution in [0.2, 0.25) is 0 Å². The molecule has 0 unspecified atom stereocenters. The molecule has 1 aliphatic heterocycles.